The van der Waals surface area contributed by atoms with Gasteiger partial charge in [-0.25, -0.2) is 4.98 Å². The SMILES string of the molecule is Nc1nc(=S)nc(C2CSc3ccccc32)[nH]1. The van der Waals surface area contributed by atoms with Crippen LogP contribution in [0.3, 0.4) is 0 Å². The van der Waals surface area contributed by atoms with Gasteiger partial charge in [0.05, 0.1) is 5.92 Å². The number of H-pyrrole nitrogens is 1. The van der Waals surface area contributed by atoms with Gasteiger partial charge in [-0.3, -0.25) is 0 Å². The molecule has 1 atom stereocenters. The molecule has 0 radical (unpaired) electrons. The second-order valence-corrected chi connectivity index (χ2v) is 5.23. The van der Waals surface area contributed by atoms with Crippen LogP contribution in [0.2, 0.25) is 0 Å². The number of rotatable bonds is 1. The Morgan fingerprint density at radius 2 is 2.18 bits per heavy atom. The molecule has 1 aromatic heterocycles. The van der Waals surface area contributed by atoms with E-state index < -0.39 is 0 Å². The molecule has 0 fully saturated rings. The molecule has 2 heterocycles. The fourth-order valence-electron chi connectivity index (χ4n) is 1.97. The largest absolute Gasteiger partial charge is 0.369 e. The minimum atomic E-state index is 0.225. The van der Waals surface area contributed by atoms with Crippen molar-refractivity contribution in [1.29, 1.82) is 0 Å². The minimum Gasteiger partial charge on any atom is -0.369 e. The highest BCUT2D eigenvalue weighted by Gasteiger charge is 2.26. The molecule has 1 aromatic carbocycles. The summed E-state index contributed by atoms with van der Waals surface area (Å²) in [5, 5.41) is 0. The van der Waals surface area contributed by atoms with Crippen molar-refractivity contribution in [3.8, 4) is 0 Å². The van der Waals surface area contributed by atoms with Crippen LogP contribution in [0.4, 0.5) is 5.95 Å². The molecule has 0 saturated heterocycles. The van der Waals surface area contributed by atoms with Gasteiger partial charge in [-0.1, -0.05) is 18.2 Å². The van der Waals surface area contributed by atoms with E-state index >= 15 is 0 Å². The number of fused-ring (bicyclic) bond motifs is 1. The predicted octanol–water partition coefficient (Wildman–Crippen LogP) is 2.35. The third-order valence-corrected chi connectivity index (χ3v) is 4.08. The molecule has 1 unspecified atom stereocenters. The van der Waals surface area contributed by atoms with Gasteiger partial charge in [0.15, 0.2) is 0 Å². The lowest BCUT2D eigenvalue weighted by atomic mass is 10.0. The number of hydrogen-bond donors (Lipinski definition) is 2. The standard InChI is InChI=1S/C11H10N4S2/c12-10-13-9(14-11(16)15-10)7-5-17-8-4-2-1-3-6(7)8/h1-4,7H,5H2,(H3,12,13,14,15,16). The molecule has 2 aromatic rings. The Hall–Kier alpha value is -1.40. The number of nitrogens with one attached hydrogen (secondary N) is 1. The summed E-state index contributed by atoms with van der Waals surface area (Å²) in [5.74, 6) is 2.32. The van der Waals surface area contributed by atoms with Gasteiger partial charge in [0.2, 0.25) is 10.7 Å². The van der Waals surface area contributed by atoms with Crippen molar-refractivity contribution in [2.75, 3.05) is 11.5 Å². The van der Waals surface area contributed by atoms with Gasteiger partial charge in [-0.15, -0.1) is 11.8 Å². The molecule has 17 heavy (non-hydrogen) atoms. The summed E-state index contributed by atoms with van der Waals surface area (Å²) >= 11 is 6.82. The Morgan fingerprint density at radius 3 is 3.00 bits per heavy atom. The molecule has 1 aliphatic heterocycles. The molecular formula is C11H10N4S2. The summed E-state index contributed by atoms with van der Waals surface area (Å²) in [6.07, 6.45) is 0. The topological polar surface area (TPSA) is 67.6 Å². The summed E-state index contributed by atoms with van der Waals surface area (Å²) in [5.41, 5.74) is 6.95. The molecule has 0 spiro atoms. The van der Waals surface area contributed by atoms with E-state index in [1.165, 1.54) is 10.5 Å². The van der Waals surface area contributed by atoms with Gasteiger partial charge in [0, 0.05) is 10.6 Å². The first kappa shape index (κ1) is 10.7. The zero-order chi connectivity index (χ0) is 11.8. The number of anilines is 1. The molecular weight excluding hydrogens is 252 g/mol. The first-order valence-electron chi connectivity index (χ1n) is 5.19. The van der Waals surface area contributed by atoms with Crippen LogP contribution in [0.15, 0.2) is 29.2 Å². The fraction of sp³-hybridized carbons (Fsp3) is 0.182. The van der Waals surface area contributed by atoms with Crippen molar-refractivity contribution in [2.45, 2.75) is 10.8 Å². The second kappa shape index (κ2) is 4.12. The highest BCUT2D eigenvalue weighted by atomic mass is 32.2. The van der Waals surface area contributed by atoms with Crippen LogP contribution in [0.5, 0.6) is 0 Å². The van der Waals surface area contributed by atoms with E-state index in [1.54, 1.807) is 0 Å². The van der Waals surface area contributed by atoms with Crippen LogP contribution >= 0.6 is 24.0 Å². The summed E-state index contributed by atoms with van der Waals surface area (Å²) < 4.78 is 0.297. The van der Waals surface area contributed by atoms with Crippen LogP contribution < -0.4 is 5.73 Å². The maximum atomic E-state index is 5.67. The van der Waals surface area contributed by atoms with Gasteiger partial charge >= 0.3 is 0 Å². The quantitative estimate of drug-likeness (QED) is 0.772. The van der Waals surface area contributed by atoms with E-state index in [1.807, 2.05) is 23.9 Å². The van der Waals surface area contributed by atoms with Gasteiger partial charge in [0.25, 0.3) is 0 Å². The Morgan fingerprint density at radius 1 is 1.35 bits per heavy atom. The number of nitrogens with two attached hydrogens (primary N) is 1. The third-order valence-electron chi connectivity index (χ3n) is 2.72. The van der Waals surface area contributed by atoms with Crippen LogP contribution in [0, 0.1) is 4.77 Å². The van der Waals surface area contributed by atoms with E-state index in [9.17, 15) is 0 Å². The van der Waals surface area contributed by atoms with E-state index in [4.69, 9.17) is 18.0 Å². The van der Waals surface area contributed by atoms with E-state index in [0.29, 0.717) is 10.7 Å². The number of nitrogen functional groups attached to an aromatic ring is 1. The monoisotopic (exact) mass is 262 g/mol. The maximum absolute atomic E-state index is 5.67. The molecule has 0 bridgehead atoms. The Bertz CT molecular complexity index is 623. The summed E-state index contributed by atoms with van der Waals surface area (Å²) in [6.45, 7) is 0. The number of nitrogens with zero attached hydrogens (tertiary/aromatic N) is 2. The Labute approximate surface area is 108 Å². The zero-order valence-electron chi connectivity index (χ0n) is 8.88. The third kappa shape index (κ3) is 1.94. The van der Waals surface area contributed by atoms with Crippen LogP contribution in [-0.2, 0) is 0 Å². The smallest absolute Gasteiger partial charge is 0.224 e. The molecule has 86 valence electrons. The lowest BCUT2D eigenvalue weighted by molar-refractivity contribution is 0.806. The van der Waals surface area contributed by atoms with Crippen molar-refractivity contribution in [1.82, 2.24) is 15.0 Å². The van der Waals surface area contributed by atoms with Crippen LogP contribution in [0.25, 0.3) is 0 Å². The zero-order valence-corrected chi connectivity index (χ0v) is 10.5. The molecule has 0 saturated carbocycles. The average molecular weight is 262 g/mol. The Balaban J connectivity index is 2.10. The molecule has 0 aliphatic carbocycles. The first-order valence-corrected chi connectivity index (χ1v) is 6.59. The Kier molecular flexibility index (Phi) is 2.60. The summed E-state index contributed by atoms with van der Waals surface area (Å²) in [4.78, 5) is 12.5. The van der Waals surface area contributed by atoms with Gasteiger partial charge in [0.1, 0.15) is 5.82 Å². The number of thioether (sulfide) groups is 1. The highest BCUT2D eigenvalue weighted by molar-refractivity contribution is 7.99. The molecule has 6 heteroatoms. The van der Waals surface area contributed by atoms with Crippen LogP contribution in [0.1, 0.15) is 17.3 Å². The predicted molar refractivity (Wildman–Crippen MR) is 70.6 cm³/mol. The normalized spacial score (nSPS) is 18.0. The maximum Gasteiger partial charge on any atom is 0.224 e. The van der Waals surface area contributed by atoms with Crippen molar-refractivity contribution in [3.05, 3.63) is 40.4 Å². The van der Waals surface area contributed by atoms with Gasteiger partial charge in [-0.2, -0.15) is 4.98 Å². The average Bonchev–Trinajstić information content (AvgIpc) is 2.71. The van der Waals surface area contributed by atoms with Crippen molar-refractivity contribution >= 4 is 29.9 Å². The molecule has 3 rings (SSSR count). The number of hydrogen-bond acceptors (Lipinski definition) is 5. The lowest BCUT2D eigenvalue weighted by Gasteiger charge is -2.10. The van der Waals surface area contributed by atoms with Gasteiger partial charge < -0.3 is 10.7 Å². The second-order valence-electron chi connectivity index (χ2n) is 3.80. The van der Waals surface area contributed by atoms with Crippen molar-refractivity contribution in [3.63, 3.8) is 0 Å². The number of aromatic nitrogens is 3. The first-order chi connectivity index (χ1) is 8.24. The molecule has 4 nitrogen and oxygen atoms in total. The fourth-order valence-corrected chi connectivity index (χ4v) is 3.40. The number of benzene rings is 1. The lowest BCUT2D eigenvalue weighted by Crippen LogP contribution is -2.09. The highest BCUT2D eigenvalue weighted by Crippen LogP contribution is 2.41. The van der Waals surface area contributed by atoms with E-state index in [-0.39, 0.29) is 5.92 Å². The van der Waals surface area contributed by atoms with Crippen molar-refractivity contribution < 1.29 is 0 Å². The van der Waals surface area contributed by atoms with E-state index in [2.05, 4.69) is 27.1 Å². The van der Waals surface area contributed by atoms with Crippen LogP contribution in [-0.4, -0.2) is 20.7 Å². The molecule has 0 amide bonds. The molecule has 3 N–H and O–H groups in total. The molecule has 1 aliphatic rings. The minimum absolute atomic E-state index is 0.225. The summed E-state index contributed by atoms with van der Waals surface area (Å²) in [6, 6.07) is 8.33. The summed E-state index contributed by atoms with van der Waals surface area (Å²) in [7, 11) is 0. The number of aromatic amines is 1. The van der Waals surface area contributed by atoms with Crippen molar-refractivity contribution in [2.24, 2.45) is 0 Å². The van der Waals surface area contributed by atoms with Gasteiger partial charge in [-0.05, 0) is 23.8 Å². The van der Waals surface area contributed by atoms with E-state index in [0.717, 1.165) is 11.6 Å².